The van der Waals surface area contributed by atoms with Gasteiger partial charge in [-0.2, -0.15) is 0 Å². The smallest absolute Gasteiger partial charge is 0.185 e. The van der Waals surface area contributed by atoms with E-state index in [0.717, 1.165) is 28.4 Å². The normalized spacial score (nSPS) is 11.1. The quantitative estimate of drug-likeness (QED) is 0.822. The Morgan fingerprint density at radius 1 is 1.33 bits per heavy atom. The van der Waals surface area contributed by atoms with Crippen LogP contribution >= 0.6 is 27.3 Å². The van der Waals surface area contributed by atoms with Crippen LogP contribution in [0.4, 0.5) is 5.13 Å². The van der Waals surface area contributed by atoms with Gasteiger partial charge in [0.2, 0.25) is 0 Å². The molecule has 0 aliphatic heterocycles. The van der Waals surface area contributed by atoms with Crippen LogP contribution in [0.25, 0.3) is 0 Å². The zero-order valence-corrected chi connectivity index (χ0v) is 15.4. The van der Waals surface area contributed by atoms with Crippen molar-refractivity contribution in [2.45, 2.75) is 39.9 Å². The minimum atomic E-state index is 0.493. The molecule has 5 heteroatoms. The number of aromatic nitrogens is 1. The Labute approximate surface area is 139 Å². The molecular formula is C16H22BrN3S. The second kappa shape index (κ2) is 7.38. The lowest BCUT2D eigenvalue weighted by Crippen LogP contribution is -2.21. The van der Waals surface area contributed by atoms with Gasteiger partial charge in [0.1, 0.15) is 0 Å². The van der Waals surface area contributed by atoms with Crippen molar-refractivity contribution in [3.63, 3.8) is 0 Å². The monoisotopic (exact) mass is 367 g/mol. The van der Waals surface area contributed by atoms with Gasteiger partial charge in [0.15, 0.2) is 5.13 Å². The summed E-state index contributed by atoms with van der Waals surface area (Å²) in [4.78, 5) is 8.23. The molecule has 0 saturated heterocycles. The van der Waals surface area contributed by atoms with Crippen molar-refractivity contribution in [1.29, 1.82) is 0 Å². The molecule has 3 nitrogen and oxygen atoms in total. The molecular weight excluding hydrogens is 346 g/mol. The van der Waals surface area contributed by atoms with E-state index in [2.05, 4.69) is 72.2 Å². The number of nitrogens with one attached hydrogen (secondary N) is 1. The van der Waals surface area contributed by atoms with Crippen molar-refractivity contribution in [2.24, 2.45) is 0 Å². The summed E-state index contributed by atoms with van der Waals surface area (Å²) < 4.78 is 1.15. The Morgan fingerprint density at radius 3 is 2.71 bits per heavy atom. The lowest BCUT2D eigenvalue weighted by Gasteiger charge is -2.16. The van der Waals surface area contributed by atoms with Gasteiger partial charge in [-0.05, 0) is 18.6 Å². The van der Waals surface area contributed by atoms with Crippen LogP contribution in [0.2, 0.25) is 0 Å². The highest BCUT2D eigenvalue weighted by Gasteiger charge is 2.12. The number of halogens is 1. The first kappa shape index (κ1) is 16.5. The Balaban J connectivity index is 2.07. The summed E-state index contributed by atoms with van der Waals surface area (Å²) in [6.07, 6.45) is 0. The average molecular weight is 368 g/mol. The van der Waals surface area contributed by atoms with E-state index in [1.54, 1.807) is 11.3 Å². The molecule has 21 heavy (non-hydrogen) atoms. The molecule has 1 aromatic carbocycles. The first-order valence-corrected chi connectivity index (χ1v) is 8.72. The average Bonchev–Trinajstić information content (AvgIpc) is 2.80. The highest BCUT2D eigenvalue weighted by molar-refractivity contribution is 9.10. The minimum absolute atomic E-state index is 0.493. The second-order valence-electron chi connectivity index (χ2n) is 5.49. The predicted molar refractivity (Wildman–Crippen MR) is 95.1 cm³/mol. The number of aryl methyl sites for hydroxylation is 1. The Bertz CT molecular complexity index is 595. The standard InChI is InChI=1S/C16H22BrN3S/c1-11(2)18-9-15-12(3)19-16(21-15)20(4)10-13-7-5-6-8-14(13)17/h5-8,11,18H,9-10H2,1-4H3. The zero-order chi connectivity index (χ0) is 15.4. The van der Waals surface area contributed by atoms with Gasteiger partial charge in [0.25, 0.3) is 0 Å². The number of nitrogens with zero attached hydrogens (tertiary/aromatic N) is 2. The van der Waals surface area contributed by atoms with Gasteiger partial charge in [-0.3, -0.25) is 0 Å². The Hall–Kier alpha value is -0.910. The molecule has 0 unspecified atom stereocenters. The Morgan fingerprint density at radius 2 is 2.05 bits per heavy atom. The van der Waals surface area contributed by atoms with Crippen LogP contribution < -0.4 is 10.2 Å². The lowest BCUT2D eigenvalue weighted by molar-refractivity contribution is 0.591. The van der Waals surface area contributed by atoms with Crippen LogP contribution in [-0.4, -0.2) is 18.1 Å². The third kappa shape index (κ3) is 4.53. The zero-order valence-electron chi connectivity index (χ0n) is 13.0. The SMILES string of the molecule is Cc1nc(N(C)Cc2ccccc2Br)sc1CNC(C)C. The van der Waals surface area contributed by atoms with Crippen LogP contribution in [0.1, 0.15) is 30.0 Å². The topological polar surface area (TPSA) is 28.2 Å². The van der Waals surface area contributed by atoms with Gasteiger partial charge in [-0.1, -0.05) is 48.0 Å². The number of hydrogen-bond donors (Lipinski definition) is 1. The molecule has 2 aromatic rings. The fraction of sp³-hybridized carbons (Fsp3) is 0.438. The Kier molecular flexibility index (Phi) is 5.79. The van der Waals surface area contributed by atoms with E-state index in [0.29, 0.717) is 6.04 Å². The van der Waals surface area contributed by atoms with E-state index in [4.69, 9.17) is 4.98 Å². The van der Waals surface area contributed by atoms with Gasteiger partial charge in [-0.25, -0.2) is 4.98 Å². The van der Waals surface area contributed by atoms with Gasteiger partial charge in [0.05, 0.1) is 5.69 Å². The molecule has 0 spiro atoms. The molecule has 0 aliphatic rings. The second-order valence-corrected chi connectivity index (χ2v) is 7.40. The number of hydrogen-bond acceptors (Lipinski definition) is 4. The molecule has 1 aromatic heterocycles. The first-order chi connectivity index (χ1) is 9.97. The number of rotatable bonds is 6. The maximum atomic E-state index is 4.70. The van der Waals surface area contributed by atoms with Gasteiger partial charge < -0.3 is 10.2 Å². The first-order valence-electron chi connectivity index (χ1n) is 7.11. The number of anilines is 1. The maximum absolute atomic E-state index is 4.70. The lowest BCUT2D eigenvalue weighted by atomic mass is 10.2. The summed E-state index contributed by atoms with van der Waals surface area (Å²) in [5.74, 6) is 0. The van der Waals surface area contributed by atoms with E-state index in [1.165, 1.54) is 10.4 Å². The molecule has 0 atom stereocenters. The molecule has 0 aliphatic carbocycles. The van der Waals surface area contributed by atoms with Gasteiger partial charge in [0, 0.05) is 35.5 Å². The van der Waals surface area contributed by atoms with E-state index in [1.807, 2.05) is 6.07 Å². The van der Waals surface area contributed by atoms with E-state index in [-0.39, 0.29) is 0 Å². The summed E-state index contributed by atoms with van der Waals surface area (Å²) in [7, 11) is 2.09. The van der Waals surface area contributed by atoms with Crippen LogP contribution in [0.5, 0.6) is 0 Å². The summed E-state index contributed by atoms with van der Waals surface area (Å²) in [6.45, 7) is 8.16. The minimum Gasteiger partial charge on any atom is -0.347 e. The molecule has 1 N–H and O–H groups in total. The third-order valence-electron chi connectivity index (χ3n) is 3.24. The van der Waals surface area contributed by atoms with Crippen molar-refractivity contribution in [2.75, 3.05) is 11.9 Å². The highest BCUT2D eigenvalue weighted by atomic mass is 79.9. The van der Waals surface area contributed by atoms with Crippen molar-refractivity contribution in [3.05, 3.63) is 44.9 Å². The van der Waals surface area contributed by atoms with Gasteiger partial charge >= 0.3 is 0 Å². The fourth-order valence-electron chi connectivity index (χ4n) is 1.99. The fourth-order valence-corrected chi connectivity index (χ4v) is 3.37. The van der Waals surface area contributed by atoms with Crippen LogP contribution in [0.15, 0.2) is 28.7 Å². The molecule has 0 bridgehead atoms. The summed E-state index contributed by atoms with van der Waals surface area (Å²) in [5.41, 5.74) is 2.40. The third-order valence-corrected chi connectivity index (χ3v) is 5.29. The molecule has 0 amide bonds. The van der Waals surface area contributed by atoms with Crippen LogP contribution in [0.3, 0.4) is 0 Å². The number of thiazole rings is 1. The summed E-state index contributed by atoms with van der Waals surface area (Å²) in [6, 6.07) is 8.82. The van der Waals surface area contributed by atoms with Crippen LogP contribution in [0, 0.1) is 6.92 Å². The highest BCUT2D eigenvalue weighted by Crippen LogP contribution is 2.27. The van der Waals surface area contributed by atoms with Crippen molar-refractivity contribution in [3.8, 4) is 0 Å². The molecule has 114 valence electrons. The van der Waals surface area contributed by atoms with Gasteiger partial charge in [-0.15, -0.1) is 11.3 Å². The van der Waals surface area contributed by atoms with Crippen molar-refractivity contribution in [1.82, 2.24) is 10.3 Å². The summed E-state index contributed by atoms with van der Waals surface area (Å²) in [5, 5.41) is 4.53. The van der Waals surface area contributed by atoms with E-state index in [9.17, 15) is 0 Å². The summed E-state index contributed by atoms with van der Waals surface area (Å²) >= 11 is 5.38. The van der Waals surface area contributed by atoms with Crippen molar-refractivity contribution >= 4 is 32.4 Å². The molecule has 2 rings (SSSR count). The molecule has 0 radical (unpaired) electrons. The molecule has 0 saturated carbocycles. The van der Waals surface area contributed by atoms with E-state index < -0.39 is 0 Å². The number of benzene rings is 1. The molecule has 0 fully saturated rings. The van der Waals surface area contributed by atoms with Crippen LogP contribution in [-0.2, 0) is 13.1 Å². The largest absolute Gasteiger partial charge is 0.347 e. The maximum Gasteiger partial charge on any atom is 0.185 e. The molecule has 1 heterocycles. The van der Waals surface area contributed by atoms with Crippen molar-refractivity contribution < 1.29 is 0 Å². The predicted octanol–water partition coefficient (Wildman–Crippen LogP) is 4.35. The van der Waals surface area contributed by atoms with E-state index >= 15 is 0 Å².